The van der Waals surface area contributed by atoms with E-state index in [1.165, 1.54) is 0 Å². The van der Waals surface area contributed by atoms with Gasteiger partial charge in [0.15, 0.2) is 0 Å². The molecule has 0 radical (unpaired) electrons. The normalized spacial score (nSPS) is 24.8. The van der Waals surface area contributed by atoms with Gasteiger partial charge in [-0.3, -0.25) is 4.79 Å². The van der Waals surface area contributed by atoms with Gasteiger partial charge in [0.1, 0.15) is 0 Å². The number of amides is 1. The highest BCUT2D eigenvalue weighted by molar-refractivity contribution is 5.76. The summed E-state index contributed by atoms with van der Waals surface area (Å²) in [5.74, 6) is -0.00311. The Morgan fingerprint density at radius 3 is 3.07 bits per heavy atom. The molecule has 1 amide bonds. The number of carbonyl (C=O) groups excluding carboxylic acids is 1. The first kappa shape index (κ1) is 12.0. The molecular weight excluding hydrogens is 192 g/mol. The fourth-order valence-corrected chi connectivity index (χ4v) is 1.88. The van der Waals surface area contributed by atoms with E-state index in [1.807, 2.05) is 6.92 Å². The molecule has 1 saturated carbocycles. The Bertz CT molecular complexity index is 247. The summed E-state index contributed by atoms with van der Waals surface area (Å²) >= 11 is 0. The molecular formula is C11H18N2O2. The van der Waals surface area contributed by atoms with Gasteiger partial charge >= 0.3 is 0 Å². The van der Waals surface area contributed by atoms with Crippen LogP contribution in [0.3, 0.4) is 0 Å². The molecule has 1 N–H and O–H groups in total. The van der Waals surface area contributed by atoms with E-state index in [9.17, 15) is 4.79 Å². The first-order valence-corrected chi connectivity index (χ1v) is 5.54. The minimum absolute atomic E-state index is 0.000966. The van der Waals surface area contributed by atoms with Gasteiger partial charge in [-0.25, -0.2) is 0 Å². The number of carbonyl (C=O) groups is 1. The van der Waals surface area contributed by atoms with Crippen LogP contribution in [0, 0.1) is 17.2 Å². The van der Waals surface area contributed by atoms with Gasteiger partial charge in [-0.15, -0.1) is 0 Å². The minimum atomic E-state index is -0.00407. The predicted octanol–water partition coefficient (Wildman–Crippen LogP) is 1.22. The van der Waals surface area contributed by atoms with Gasteiger partial charge in [0.2, 0.25) is 5.91 Å². The van der Waals surface area contributed by atoms with Crippen LogP contribution < -0.4 is 5.32 Å². The lowest BCUT2D eigenvalue weighted by Crippen LogP contribution is -2.37. The van der Waals surface area contributed by atoms with E-state index in [1.54, 1.807) is 0 Å². The third-order valence-corrected chi connectivity index (χ3v) is 2.71. The number of nitriles is 1. The third kappa shape index (κ3) is 3.88. The van der Waals surface area contributed by atoms with E-state index in [0.29, 0.717) is 19.6 Å². The molecule has 1 fully saturated rings. The lowest BCUT2D eigenvalue weighted by atomic mass is 10.1. The molecule has 0 aromatic heterocycles. The van der Waals surface area contributed by atoms with E-state index in [-0.39, 0.29) is 17.9 Å². The second kappa shape index (κ2) is 6.41. The summed E-state index contributed by atoms with van der Waals surface area (Å²) in [6.07, 6.45) is 3.27. The summed E-state index contributed by atoms with van der Waals surface area (Å²) in [6, 6.07) is 2.30. The summed E-state index contributed by atoms with van der Waals surface area (Å²) < 4.78 is 5.10. The van der Waals surface area contributed by atoms with Crippen LogP contribution in [-0.2, 0) is 9.53 Å². The number of nitrogens with zero attached hydrogens (tertiary/aromatic N) is 1. The summed E-state index contributed by atoms with van der Waals surface area (Å²) in [7, 11) is 0. The fraction of sp³-hybridized carbons (Fsp3) is 0.818. The first-order valence-electron chi connectivity index (χ1n) is 5.54. The molecule has 0 aromatic rings. The van der Waals surface area contributed by atoms with Crippen molar-refractivity contribution in [2.24, 2.45) is 5.92 Å². The van der Waals surface area contributed by atoms with Crippen LogP contribution in [0.1, 0.15) is 32.6 Å². The summed E-state index contributed by atoms with van der Waals surface area (Å²) in [5.41, 5.74) is 0. The standard InChI is InChI=1S/C11H18N2O2/c1-2-15-7-6-11(14)13-10-5-3-4-9(10)8-12/h9-10H,2-7H2,1H3,(H,13,14). The Kier molecular flexibility index (Phi) is 5.13. The van der Waals surface area contributed by atoms with Crippen molar-refractivity contribution in [2.45, 2.75) is 38.6 Å². The van der Waals surface area contributed by atoms with E-state index in [0.717, 1.165) is 19.3 Å². The largest absolute Gasteiger partial charge is 0.381 e. The predicted molar refractivity (Wildman–Crippen MR) is 56.0 cm³/mol. The second-order valence-corrected chi connectivity index (χ2v) is 3.79. The monoisotopic (exact) mass is 210 g/mol. The molecule has 2 atom stereocenters. The molecule has 2 unspecified atom stereocenters. The van der Waals surface area contributed by atoms with Crippen LogP contribution in [0.5, 0.6) is 0 Å². The maximum absolute atomic E-state index is 11.4. The average molecular weight is 210 g/mol. The number of rotatable bonds is 5. The smallest absolute Gasteiger partial charge is 0.222 e. The van der Waals surface area contributed by atoms with Crippen molar-refractivity contribution in [3.63, 3.8) is 0 Å². The van der Waals surface area contributed by atoms with Gasteiger partial charge in [0.05, 0.1) is 18.6 Å². The Morgan fingerprint density at radius 1 is 1.60 bits per heavy atom. The van der Waals surface area contributed by atoms with Gasteiger partial charge in [-0.05, 0) is 26.2 Å². The van der Waals surface area contributed by atoms with Gasteiger partial charge in [-0.1, -0.05) is 0 Å². The second-order valence-electron chi connectivity index (χ2n) is 3.79. The highest BCUT2D eigenvalue weighted by Crippen LogP contribution is 2.24. The van der Waals surface area contributed by atoms with E-state index < -0.39 is 0 Å². The van der Waals surface area contributed by atoms with Crippen LogP contribution in [0.15, 0.2) is 0 Å². The summed E-state index contributed by atoms with van der Waals surface area (Å²) in [4.78, 5) is 11.4. The zero-order valence-corrected chi connectivity index (χ0v) is 9.16. The topological polar surface area (TPSA) is 62.1 Å². The molecule has 4 nitrogen and oxygen atoms in total. The van der Waals surface area contributed by atoms with Crippen molar-refractivity contribution in [3.05, 3.63) is 0 Å². The molecule has 1 aliphatic rings. The van der Waals surface area contributed by atoms with Crippen molar-refractivity contribution in [2.75, 3.05) is 13.2 Å². The van der Waals surface area contributed by atoms with Crippen LogP contribution in [0.25, 0.3) is 0 Å². The van der Waals surface area contributed by atoms with E-state index >= 15 is 0 Å². The molecule has 15 heavy (non-hydrogen) atoms. The van der Waals surface area contributed by atoms with Gasteiger partial charge in [-0.2, -0.15) is 5.26 Å². The van der Waals surface area contributed by atoms with Gasteiger partial charge in [0, 0.05) is 19.1 Å². The van der Waals surface area contributed by atoms with Crippen LogP contribution in [0.4, 0.5) is 0 Å². The lowest BCUT2D eigenvalue weighted by Gasteiger charge is -2.15. The third-order valence-electron chi connectivity index (χ3n) is 2.71. The molecule has 0 spiro atoms. The molecule has 1 aliphatic carbocycles. The van der Waals surface area contributed by atoms with Crippen molar-refractivity contribution >= 4 is 5.91 Å². The van der Waals surface area contributed by atoms with Crippen molar-refractivity contribution in [1.29, 1.82) is 5.26 Å². The molecule has 0 aromatic carbocycles. The van der Waals surface area contributed by atoms with Crippen molar-refractivity contribution in [1.82, 2.24) is 5.32 Å². The molecule has 4 heteroatoms. The lowest BCUT2D eigenvalue weighted by molar-refractivity contribution is -0.122. The highest BCUT2D eigenvalue weighted by Gasteiger charge is 2.27. The Morgan fingerprint density at radius 2 is 2.40 bits per heavy atom. The van der Waals surface area contributed by atoms with E-state index in [2.05, 4.69) is 11.4 Å². The number of hydrogen-bond donors (Lipinski definition) is 1. The zero-order valence-electron chi connectivity index (χ0n) is 9.16. The Balaban J connectivity index is 2.22. The number of hydrogen-bond acceptors (Lipinski definition) is 3. The first-order chi connectivity index (χ1) is 7.27. The summed E-state index contributed by atoms with van der Waals surface area (Å²) in [6.45, 7) is 3.00. The molecule has 84 valence electrons. The molecule has 0 bridgehead atoms. The molecule has 0 saturated heterocycles. The Labute approximate surface area is 90.6 Å². The fourth-order valence-electron chi connectivity index (χ4n) is 1.88. The average Bonchev–Trinajstić information content (AvgIpc) is 2.65. The number of ether oxygens (including phenoxy) is 1. The van der Waals surface area contributed by atoms with Crippen LogP contribution >= 0.6 is 0 Å². The van der Waals surface area contributed by atoms with E-state index in [4.69, 9.17) is 10.00 Å². The maximum Gasteiger partial charge on any atom is 0.222 e. The maximum atomic E-state index is 11.4. The molecule has 0 aliphatic heterocycles. The van der Waals surface area contributed by atoms with Gasteiger partial charge < -0.3 is 10.1 Å². The Hall–Kier alpha value is -1.08. The van der Waals surface area contributed by atoms with Gasteiger partial charge in [0.25, 0.3) is 0 Å². The van der Waals surface area contributed by atoms with Crippen LogP contribution in [0.2, 0.25) is 0 Å². The quantitative estimate of drug-likeness (QED) is 0.694. The molecule has 1 rings (SSSR count). The van der Waals surface area contributed by atoms with Crippen LogP contribution in [-0.4, -0.2) is 25.2 Å². The SMILES string of the molecule is CCOCCC(=O)NC1CCCC1C#N. The van der Waals surface area contributed by atoms with Crippen molar-refractivity contribution < 1.29 is 9.53 Å². The molecule has 0 heterocycles. The zero-order chi connectivity index (χ0) is 11.1. The number of nitrogens with one attached hydrogen (secondary N) is 1. The van der Waals surface area contributed by atoms with Crippen molar-refractivity contribution in [3.8, 4) is 6.07 Å². The summed E-state index contributed by atoms with van der Waals surface area (Å²) in [5, 5.41) is 11.7. The highest BCUT2D eigenvalue weighted by atomic mass is 16.5. The minimum Gasteiger partial charge on any atom is -0.381 e.